The van der Waals surface area contributed by atoms with E-state index in [0.29, 0.717) is 52.2 Å². The maximum Gasteiger partial charge on any atom is 0.245 e. The van der Waals surface area contributed by atoms with E-state index < -0.39 is 16.6 Å². The molecule has 1 atom stereocenters. The molecule has 0 aliphatic carbocycles. The summed E-state index contributed by atoms with van der Waals surface area (Å²) in [6.45, 7) is 11.1. The number of carbonyl (C=O) groups excluding carboxylic acids is 2. The fourth-order valence-electron chi connectivity index (χ4n) is 5.38. The number of carbonyl (C=O) groups is 2. The quantitative estimate of drug-likeness (QED) is 0.716. The smallest absolute Gasteiger partial charge is 0.245 e. The van der Waals surface area contributed by atoms with E-state index in [4.69, 9.17) is 9.47 Å². The fraction of sp³-hybridized carbons (Fsp3) is 0.583. The third-order valence-corrected chi connectivity index (χ3v) is 6.74. The minimum atomic E-state index is -0.632. The van der Waals surface area contributed by atoms with Crippen LogP contribution in [0.3, 0.4) is 0 Å². The van der Waals surface area contributed by atoms with Gasteiger partial charge in [-0.3, -0.25) is 9.59 Å². The van der Waals surface area contributed by atoms with Gasteiger partial charge in [0.15, 0.2) is 0 Å². The fourth-order valence-corrected chi connectivity index (χ4v) is 5.38. The molecule has 1 unspecified atom stereocenters. The van der Waals surface area contributed by atoms with Crippen LogP contribution in [-0.2, 0) is 24.5 Å². The van der Waals surface area contributed by atoms with E-state index in [9.17, 15) is 9.59 Å². The van der Waals surface area contributed by atoms with Gasteiger partial charge in [-0.25, -0.2) is 0 Å². The molecule has 1 aromatic rings. The lowest BCUT2D eigenvalue weighted by Crippen LogP contribution is -2.64. The molecule has 0 aromatic heterocycles. The lowest BCUT2D eigenvalue weighted by molar-refractivity contribution is -0.202. The van der Waals surface area contributed by atoms with Gasteiger partial charge in [0.2, 0.25) is 11.8 Å². The number of rotatable bonds is 3. The first-order valence-electron chi connectivity index (χ1n) is 10.8. The van der Waals surface area contributed by atoms with Gasteiger partial charge in [0.1, 0.15) is 5.60 Å². The molecule has 0 bridgehead atoms. The minimum Gasteiger partial charge on any atom is -0.378 e. The van der Waals surface area contributed by atoms with E-state index in [1.165, 1.54) is 6.08 Å². The molecule has 162 valence electrons. The predicted octanol–water partition coefficient (Wildman–Crippen LogP) is 2.53. The summed E-state index contributed by atoms with van der Waals surface area (Å²) in [6.07, 6.45) is 3.37. The van der Waals surface area contributed by atoms with Crippen molar-refractivity contribution in [3.8, 4) is 0 Å². The third kappa shape index (κ3) is 3.79. The number of morpholine rings is 1. The largest absolute Gasteiger partial charge is 0.378 e. The Labute approximate surface area is 178 Å². The maximum absolute atomic E-state index is 14.2. The Hall–Kier alpha value is -2.18. The molecule has 2 amide bonds. The van der Waals surface area contributed by atoms with E-state index in [1.807, 2.05) is 49.1 Å². The van der Waals surface area contributed by atoms with Crippen molar-refractivity contribution in [2.75, 3.05) is 39.4 Å². The molecule has 6 heteroatoms. The van der Waals surface area contributed by atoms with Crippen molar-refractivity contribution in [2.24, 2.45) is 0 Å². The second kappa shape index (κ2) is 7.82. The van der Waals surface area contributed by atoms with Crippen molar-refractivity contribution in [1.29, 1.82) is 0 Å². The maximum atomic E-state index is 14.2. The van der Waals surface area contributed by atoms with Crippen molar-refractivity contribution >= 4 is 11.8 Å². The van der Waals surface area contributed by atoms with Crippen LogP contribution in [-0.4, -0.2) is 72.2 Å². The van der Waals surface area contributed by atoms with Crippen molar-refractivity contribution in [3.05, 3.63) is 48.6 Å². The monoisotopic (exact) mass is 412 g/mol. The molecular weight excluding hydrogens is 380 g/mol. The summed E-state index contributed by atoms with van der Waals surface area (Å²) in [6, 6.07) is 10.0. The number of amides is 2. The number of benzene rings is 1. The highest BCUT2D eigenvalue weighted by Gasteiger charge is 2.52. The molecule has 1 spiro atoms. The first-order valence-corrected chi connectivity index (χ1v) is 10.8. The Balaban J connectivity index is 1.65. The van der Waals surface area contributed by atoms with Crippen LogP contribution in [0.15, 0.2) is 43.0 Å². The number of hydrogen-bond acceptors (Lipinski definition) is 4. The molecule has 3 aliphatic heterocycles. The third-order valence-electron chi connectivity index (χ3n) is 6.74. The number of likely N-dealkylation sites (tertiary alicyclic amines) is 1. The van der Waals surface area contributed by atoms with Gasteiger partial charge >= 0.3 is 0 Å². The first kappa shape index (κ1) is 21.1. The number of nitrogens with zero attached hydrogens (tertiary/aromatic N) is 2. The number of piperidine rings is 1. The van der Waals surface area contributed by atoms with Crippen molar-refractivity contribution in [2.45, 2.75) is 49.7 Å². The van der Waals surface area contributed by atoms with E-state index in [1.54, 1.807) is 4.90 Å². The van der Waals surface area contributed by atoms with Gasteiger partial charge < -0.3 is 19.3 Å². The summed E-state index contributed by atoms with van der Waals surface area (Å²) in [4.78, 5) is 30.1. The Bertz CT molecular complexity index is 806. The van der Waals surface area contributed by atoms with Gasteiger partial charge in [-0.2, -0.15) is 0 Å². The molecule has 30 heavy (non-hydrogen) atoms. The zero-order chi connectivity index (χ0) is 21.4. The number of hydrogen-bond donors (Lipinski definition) is 0. The van der Waals surface area contributed by atoms with Gasteiger partial charge in [-0.05, 0) is 38.3 Å². The van der Waals surface area contributed by atoms with Gasteiger partial charge in [-0.1, -0.05) is 36.9 Å². The Morgan fingerprint density at radius 1 is 1.03 bits per heavy atom. The molecule has 3 aliphatic rings. The highest BCUT2D eigenvalue weighted by molar-refractivity contribution is 5.90. The molecule has 4 rings (SSSR count). The summed E-state index contributed by atoms with van der Waals surface area (Å²) >= 11 is 0. The molecule has 3 heterocycles. The Kier molecular flexibility index (Phi) is 5.49. The van der Waals surface area contributed by atoms with Crippen LogP contribution in [0.5, 0.6) is 0 Å². The molecule has 3 fully saturated rings. The second-order valence-corrected chi connectivity index (χ2v) is 9.49. The second-order valence-electron chi connectivity index (χ2n) is 9.49. The van der Waals surface area contributed by atoms with Crippen LogP contribution < -0.4 is 0 Å². The summed E-state index contributed by atoms with van der Waals surface area (Å²) in [7, 11) is 0. The summed E-state index contributed by atoms with van der Waals surface area (Å²) in [5.41, 5.74) is -0.456. The van der Waals surface area contributed by atoms with Crippen LogP contribution in [0, 0.1) is 0 Å². The Morgan fingerprint density at radius 3 is 2.33 bits per heavy atom. The molecule has 0 saturated carbocycles. The van der Waals surface area contributed by atoms with Gasteiger partial charge in [0.05, 0.1) is 24.2 Å². The zero-order valence-corrected chi connectivity index (χ0v) is 18.1. The summed E-state index contributed by atoms with van der Waals surface area (Å²) in [5.74, 6) is 0.0701. The zero-order valence-electron chi connectivity index (χ0n) is 18.1. The van der Waals surface area contributed by atoms with Gasteiger partial charge in [0.25, 0.3) is 0 Å². The van der Waals surface area contributed by atoms with Crippen molar-refractivity contribution in [3.63, 3.8) is 0 Å². The highest BCUT2D eigenvalue weighted by Crippen LogP contribution is 2.41. The topological polar surface area (TPSA) is 59.1 Å². The minimum absolute atomic E-state index is 0.0707. The normalized spacial score (nSPS) is 27.8. The van der Waals surface area contributed by atoms with Gasteiger partial charge in [-0.15, -0.1) is 0 Å². The summed E-state index contributed by atoms with van der Waals surface area (Å²) < 4.78 is 12.1. The average Bonchev–Trinajstić information content (AvgIpc) is 3.18. The molecule has 1 aromatic carbocycles. The van der Waals surface area contributed by atoms with E-state index in [2.05, 4.69) is 6.58 Å². The van der Waals surface area contributed by atoms with Crippen molar-refractivity contribution < 1.29 is 19.1 Å². The highest BCUT2D eigenvalue weighted by atomic mass is 16.6. The Morgan fingerprint density at radius 2 is 1.73 bits per heavy atom. The van der Waals surface area contributed by atoms with Crippen LogP contribution in [0.2, 0.25) is 0 Å². The lowest BCUT2D eigenvalue weighted by atomic mass is 9.71. The van der Waals surface area contributed by atoms with Crippen LogP contribution in [0.1, 0.15) is 38.7 Å². The molecule has 6 nitrogen and oxygen atoms in total. The van der Waals surface area contributed by atoms with Crippen molar-refractivity contribution in [1.82, 2.24) is 9.80 Å². The predicted molar refractivity (Wildman–Crippen MR) is 114 cm³/mol. The standard InChI is InChI=1S/C24H32N2O4/c1-4-20(27)25-13-10-24(11-14-25,19-8-6-5-7-9-19)21(28)26-16-22(2,3)30-23(17-26)12-15-29-18-23/h4-9H,1,10-18H2,2-3H3. The lowest BCUT2D eigenvalue weighted by Gasteiger charge is -2.51. The van der Waals surface area contributed by atoms with E-state index >= 15 is 0 Å². The number of ether oxygens (including phenoxy) is 2. The molecule has 3 saturated heterocycles. The van der Waals surface area contributed by atoms with Crippen LogP contribution in [0.25, 0.3) is 0 Å². The summed E-state index contributed by atoms with van der Waals surface area (Å²) in [5, 5.41) is 0. The molecular formula is C24H32N2O4. The molecule has 0 radical (unpaired) electrons. The van der Waals surface area contributed by atoms with Gasteiger partial charge in [0, 0.05) is 32.7 Å². The van der Waals surface area contributed by atoms with Crippen LogP contribution >= 0.6 is 0 Å². The SMILES string of the molecule is C=CC(=O)N1CCC(C(=O)N2CC(C)(C)OC3(CCOC3)C2)(c2ccccc2)CC1. The first-order chi connectivity index (χ1) is 14.3. The molecule has 0 N–H and O–H groups in total. The van der Waals surface area contributed by atoms with E-state index in [-0.39, 0.29) is 11.8 Å². The van der Waals surface area contributed by atoms with E-state index in [0.717, 1.165) is 12.0 Å². The average molecular weight is 413 g/mol. The van der Waals surface area contributed by atoms with Crippen LogP contribution in [0.4, 0.5) is 0 Å².